The van der Waals surface area contributed by atoms with E-state index in [0.717, 1.165) is 5.56 Å². The van der Waals surface area contributed by atoms with Gasteiger partial charge in [-0.2, -0.15) is 0 Å². The van der Waals surface area contributed by atoms with Gasteiger partial charge in [-0.25, -0.2) is 0 Å². The Hall–Kier alpha value is -1.68. The molecule has 1 aromatic rings. The molecule has 18 heavy (non-hydrogen) atoms. The zero-order valence-corrected chi connectivity index (χ0v) is 10.3. The van der Waals surface area contributed by atoms with Gasteiger partial charge in [-0.15, -0.1) is 0 Å². The van der Waals surface area contributed by atoms with Gasteiger partial charge in [0.15, 0.2) is 5.78 Å². The van der Waals surface area contributed by atoms with Crippen molar-refractivity contribution in [3.05, 3.63) is 35.9 Å². The molecule has 0 aliphatic carbocycles. The number of benzene rings is 1. The summed E-state index contributed by atoms with van der Waals surface area (Å²) in [5.41, 5.74) is 1.04. The largest absolute Gasteiger partial charge is 0.469 e. The maximum Gasteiger partial charge on any atom is 0.308 e. The Morgan fingerprint density at radius 3 is 2.78 bits per heavy atom. The van der Waals surface area contributed by atoms with Crippen LogP contribution in [0.2, 0.25) is 0 Å². The SMILES string of the molecule is COC(=O)C[C@@H]1O[C@H](c2ccccc2)CCC1=O. The number of rotatable bonds is 3. The second-order valence-electron chi connectivity index (χ2n) is 4.31. The highest BCUT2D eigenvalue weighted by atomic mass is 16.5. The average Bonchev–Trinajstić information content (AvgIpc) is 2.42. The van der Waals surface area contributed by atoms with Crippen molar-refractivity contribution in [2.45, 2.75) is 31.5 Å². The van der Waals surface area contributed by atoms with E-state index in [0.29, 0.717) is 12.8 Å². The third kappa shape index (κ3) is 2.96. The first-order chi connectivity index (χ1) is 8.70. The summed E-state index contributed by atoms with van der Waals surface area (Å²) in [5.74, 6) is -0.436. The number of hydrogen-bond acceptors (Lipinski definition) is 4. The minimum atomic E-state index is -0.670. The molecule has 1 aromatic carbocycles. The van der Waals surface area contributed by atoms with Gasteiger partial charge in [-0.3, -0.25) is 9.59 Å². The van der Waals surface area contributed by atoms with Gasteiger partial charge >= 0.3 is 5.97 Å². The molecule has 4 nitrogen and oxygen atoms in total. The van der Waals surface area contributed by atoms with Crippen molar-refractivity contribution in [1.29, 1.82) is 0 Å². The minimum absolute atomic E-state index is 0.00132. The van der Waals surface area contributed by atoms with Crippen LogP contribution in [0.25, 0.3) is 0 Å². The molecule has 96 valence electrons. The summed E-state index contributed by atoms with van der Waals surface area (Å²) in [5, 5.41) is 0. The number of carbonyl (C=O) groups is 2. The number of carbonyl (C=O) groups excluding carboxylic acids is 2. The molecule has 0 unspecified atom stereocenters. The fourth-order valence-electron chi connectivity index (χ4n) is 2.09. The Morgan fingerprint density at radius 2 is 2.11 bits per heavy atom. The van der Waals surface area contributed by atoms with Crippen molar-refractivity contribution >= 4 is 11.8 Å². The monoisotopic (exact) mass is 248 g/mol. The third-order valence-corrected chi connectivity index (χ3v) is 3.09. The molecule has 0 amide bonds. The van der Waals surface area contributed by atoms with E-state index in [-0.39, 0.29) is 18.3 Å². The van der Waals surface area contributed by atoms with Crippen LogP contribution in [0, 0.1) is 0 Å². The number of hydrogen-bond donors (Lipinski definition) is 0. The van der Waals surface area contributed by atoms with Crippen LogP contribution in [-0.2, 0) is 19.1 Å². The van der Waals surface area contributed by atoms with Gasteiger partial charge in [-0.05, 0) is 12.0 Å². The topological polar surface area (TPSA) is 52.6 Å². The van der Waals surface area contributed by atoms with Crippen molar-refractivity contribution in [3.63, 3.8) is 0 Å². The van der Waals surface area contributed by atoms with E-state index in [1.165, 1.54) is 7.11 Å². The van der Waals surface area contributed by atoms with E-state index >= 15 is 0 Å². The maximum absolute atomic E-state index is 11.7. The zero-order valence-electron chi connectivity index (χ0n) is 10.3. The Morgan fingerprint density at radius 1 is 1.39 bits per heavy atom. The predicted octanol–water partition coefficient (Wildman–Crippen LogP) is 2.04. The molecule has 0 radical (unpaired) electrons. The summed E-state index contributed by atoms with van der Waals surface area (Å²) in [6.45, 7) is 0. The molecule has 1 heterocycles. The molecule has 1 aliphatic heterocycles. The lowest BCUT2D eigenvalue weighted by Crippen LogP contribution is -2.33. The second-order valence-corrected chi connectivity index (χ2v) is 4.31. The molecular weight excluding hydrogens is 232 g/mol. The van der Waals surface area contributed by atoms with Crippen molar-refractivity contribution in [3.8, 4) is 0 Å². The standard InChI is InChI=1S/C14H16O4/c1-17-14(16)9-13-11(15)7-8-12(18-13)10-5-3-2-4-6-10/h2-6,12-13H,7-9H2,1H3/t12-,13-/m0/s1. The average molecular weight is 248 g/mol. The number of Topliss-reactive ketones (excluding diaryl/α,β-unsaturated/α-hetero) is 1. The van der Waals surface area contributed by atoms with Gasteiger partial charge in [0, 0.05) is 6.42 Å². The molecule has 0 aromatic heterocycles. The summed E-state index contributed by atoms with van der Waals surface area (Å²) in [6.07, 6.45) is 0.329. The van der Waals surface area contributed by atoms with Crippen LogP contribution in [0.5, 0.6) is 0 Å². The highest BCUT2D eigenvalue weighted by Crippen LogP contribution is 2.30. The Balaban J connectivity index is 2.04. The summed E-state index contributed by atoms with van der Waals surface area (Å²) in [7, 11) is 1.31. The van der Waals surface area contributed by atoms with Crippen molar-refractivity contribution < 1.29 is 19.1 Å². The molecule has 1 aliphatic rings. The molecule has 0 spiro atoms. The van der Waals surface area contributed by atoms with Crippen molar-refractivity contribution in [2.75, 3.05) is 7.11 Å². The zero-order chi connectivity index (χ0) is 13.0. The molecule has 1 fully saturated rings. The molecule has 4 heteroatoms. The number of methoxy groups -OCH3 is 1. The van der Waals surface area contributed by atoms with Crippen LogP contribution in [0.3, 0.4) is 0 Å². The fourth-order valence-corrected chi connectivity index (χ4v) is 2.09. The van der Waals surface area contributed by atoms with Crippen LogP contribution >= 0.6 is 0 Å². The van der Waals surface area contributed by atoms with Gasteiger partial charge in [-0.1, -0.05) is 30.3 Å². The first kappa shape index (κ1) is 12.8. The normalized spacial score (nSPS) is 23.7. The van der Waals surface area contributed by atoms with Gasteiger partial charge < -0.3 is 9.47 Å². The van der Waals surface area contributed by atoms with Crippen molar-refractivity contribution in [2.24, 2.45) is 0 Å². The van der Waals surface area contributed by atoms with Crippen molar-refractivity contribution in [1.82, 2.24) is 0 Å². The van der Waals surface area contributed by atoms with Gasteiger partial charge in [0.2, 0.25) is 0 Å². The van der Waals surface area contributed by atoms with E-state index in [1.807, 2.05) is 30.3 Å². The van der Waals surface area contributed by atoms with Crippen LogP contribution in [0.4, 0.5) is 0 Å². The Labute approximate surface area is 106 Å². The van der Waals surface area contributed by atoms with Crippen LogP contribution in [0.15, 0.2) is 30.3 Å². The van der Waals surface area contributed by atoms with Gasteiger partial charge in [0.05, 0.1) is 19.6 Å². The lowest BCUT2D eigenvalue weighted by molar-refractivity contribution is -0.155. The summed E-state index contributed by atoms with van der Waals surface area (Å²) >= 11 is 0. The smallest absolute Gasteiger partial charge is 0.308 e. The second kappa shape index (κ2) is 5.78. The highest BCUT2D eigenvalue weighted by molar-refractivity contribution is 5.87. The number of ketones is 1. The summed E-state index contributed by atoms with van der Waals surface area (Å²) < 4.78 is 10.3. The van der Waals surface area contributed by atoms with E-state index in [4.69, 9.17) is 4.74 Å². The van der Waals surface area contributed by atoms with Crippen LogP contribution < -0.4 is 0 Å². The number of esters is 1. The number of ether oxygens (including phenoxy) is 2. The molecular formula is C14H16O4. The molecule has 1 saturated heterocycles. The quantitative estimate of drug-likeness (QED) is 0.768. The molecule has 2 atom stereocenters. The molecule has 0 bridgehead atoms. The maximum atomic E-state index is 11.7. The van der Waals surface area contributed by atoms with E-state index in [1.54, 1.807) is 0 Å². The van der Waals surface area contributed by atoms with E-state index in [2.05, 4.69) is 4.74 Å². The van der Waals surface area contributed by atoms with E-state index in [9.17, 15) is 9.59 Å². The highest BCUT2D eigenvalue weighted by Gasteiger charge is 2.31. The van der Waals surface area contributed by atoms with Gasteiger partial charge in [0.1, 0.15) is 6.10 Å². The minimum Gasteiger partial charge on any atom is -0.469 e. The molecule has 0 saturated carbocycles. The lowest BCUT2D eigenvalue weighted by Gasteiger charge is -2.28. The first-order valence-corrected chi connectivity index (χ1v) is 6.00. The Bertz CT molecular complexity index is 427. The summed E-state index contributed by atoms with van der Waals surface area (Å²) in [6, 6.07) is 9.74. The lowest BCUT2D eigenvalue weighted by atomic mass is 9.96. The Kier molecular flexibility index (Phi) is 4.10. The van der Waals surface area contributed by atoms with Gasteiger partial charge in [0.25, 0.3) is 0 Å². The predicted molar refractivity (Wildman–Crippen MR) is 64.9 cm³/mol. The molecule has 0 N–H and O–H groups in total. The fraction of sp³-hybridized carbons (Fsp3) is 0.429. The molecule has 2 rings (SSSR count). The van der Waals surface area contributed by atoms with Crippen LogP contribution in [0.1, 0.15) is 30.9 Å². The third-order valence-electron chi connectivity index (χ3n) is 3.09. The summed E-state index contributed by atoms with van der Waals surface area (Å²) in [4.78, 5) is 22.9. The van der Waals surface area contributed by atoms with E-state index < -0.39 is 12.1 Å². The first-order valence-electron chi connectivity index (χ1n) is 6.00. The van der Waals surface area contributed by atoms with Crippen LogP contribution in [-0.4, -0.2) is 25.0 Å².